The summed E-state index contributed by atoms with van der Waals surface area (Å²) in [5.74, 6) is 0.145. The molecular formula is C37H40O3SiU. The van der Waals surface area contributed by atoms with Gasteiger partial charge in [0, 0.05) is 0 Å². The smallest absolute Gasteiger partial charge is 0.540 e. The molecule has 1 aliphatic carbocycles. The molecule has 3 nitrogen and oxygen atoms in total. The molecule has 0 N–H and O–H groups in total. The molecule has 214 valence electrons. The maximum Gasteiger partial charge on any atom is 2.00 e. The van der Waals surface area contributed by atoms with Gasteiger partial charge in [-0.1, -0.05) is 130 Å². The van der Waals surface area contributed by atoms with Crippen molar-refractivity contribution in [3.05, 3.63) is 158 Å². The molecule has 2 bridgehead atoms. The van der Waals surface area contributed by atoms with Crippen LogP contribution in [0.4, 0.5) is 0 Å². The Morgan fingerprint density at radius 2 is 1.29 bits per heavy atom. The van der Waals surface area contributed by atoms with E-state index in [0.29, 0.717) is 13.2 Å². The Labute approximate surface area is 276 Å². The molecule has 1 heterocycles. The van der Waals surface area contributed by atoms with E-state index >= 15 is 0 Å². The van der Waals surface area contributed by atoms with Gasteiger partial charge in [-0.05, 0) is 21.0 Å². The van der Waals surface area contributed by atoms with Crippen LogP contribution in [0.1, 0.15) is 31.9 Å². The molecule has 0 saturated carbocycles. The molecule has 6 rings (SSSR count). The van der Waals surface area contributed by atoms with Crippen molar-refractivity contribution in [1.29, 1.82) is 0 Å². The third-order valence-corrected chi connectivity index (χ3v) is 12.9. The predicted octanol–water partition coefficient (Wildman–Crippen LogP) is 7.13. The fourth-order valence-corrected chi connectivity index (χ4v) is 10.5. The van der Waals surface area contributed by atoms with Crippen LogP contribution in [-0.2, 0) is 20.5 Å². The molecule has 1 fully saturated rings. The van der Waals surface area contributed by atoms with Gasteiger partial charge in [0.25, 0.3) is 8.32 Å². The summed E-state index contributed by atoms with van der Waals surface area (Å²) in [5.41, 5.74) is 1.63. The van der Waals surface area contributed by atoms with Crippen LogP contribution >= 0.6 is 0 Å². The number of hydrogen-bond acceptors (Lipinski definition) is 3. The standard InChI is InChI=1S/C30H33O3Si.C7H7.U/c1-29(2,3)34(26-15-9-5-10-16-26,27-17-11-6-12-18-27)33-23-30-20-19-25(22-32-30)28(30)31-21-24-13-7-4-8-14-24;1-7-5-3-2-4-6-7;/h4-20,22,25,28H,21,23H2,1-3H3;2-6H,1H2;/q2*-1;+2/t25-,28-,30+;;/m1../s1. The number of benzene rings is 4. The molecule has 2 aliphatic rings. The third kappa shape index (κ3) is 7.05. The maximum absolute atomic E-state index is 7.22. The average Bonchev–Trinajstić information content (AvgIpc) is 3.52. The van der Waals surface area contributed by atoms with Crippen molar-refractivity contribution in [1.82, 2.24) is 0 Å². The number of hydrogen-bond donors (Lipinski definition) is 0. The quantitative estimate of drug-likeness (QED) is 0.108. The van der Waals surface area contributed by atoms with Crippen molar-refractivity contribution < 1.29 is 45.0 Å². The molecular weight excluding hydrogens is 759 g/mol. The van der Waals surface area contributed by atoms with Gasteiger partial charge in [0.15, 0.2) is 0 Å². The van der Waals surface area contributed by atoms with Crippen molar-refractivity contribution in [3.8, 4) is 0 Å². The van der Waals surface area contributed by atoms with Crippen LogP contribution in [-0.4, -0.2) is 26.6 Å². The van der Waals surface area contributed by atoms with Gasteiger partial charge in [0.2, 0.25) is 0 Å². The first-order chi connectivity index (χ1) is 19.8. The van der Waals surface area contributed by atoms with Gasteiger partial charge in [0.05, 0.1) is 19.3 Å². The van der Waals surface area contributed by atoms with Crippen LogP contribution in [0.2, 0.25) is 5.04 Å². The molecule has 0 radical (unpaired) electrons. The van der Waals surface area contributed by atoms with Crippen LogP contribution in [0.25, 0.3) is 0 Å². The molecule has 4 aromatic carbocycles. The van der Waals surface area contributed by atoms with E-state index in [4.69, 9.17) is 13.9 Å². The largest absolute Gasteiger partial charge is 2.00 e. The summed E-state index contributed by atoms with van der Waals surface area (Å²) in [6.07, 6.45) is 4.27. The van der Waals surface area contributed by atoms with Crippen molar-refractivity contribution in [2.45, 2.75) is 44.1 Å². The van der Waals surface area contributed by atoms with Gasteiger partial charge >= 0.3 is 31.1 Å². The Hall–Kier alpha value is -2.36. The zero-order valence-corrected chi connectivity index (χ0v) is 29.9. The average molecular weight is 799 g/mol. The summed E-state index contributed by atoms with van der Waals surface area (Å²) < 4.78 is 20.0. The molecule has 5 heteroatoms. The zero-order chi connectivity index (χ0) is 28.8. The van der Waals surface area contributed by atoms with Crippen molar-refractivity contribution >= 4 is 18.7 Å². The van der Waals surface area contributed by atoms with Gasteiger partial charge in [-0.3, -0.25) is 0 Å². The first-order valence-electron chi connectivity index (χ1n) is 14.3. The van der Waals surface area contributed by atoms with Gasteiger partial charge in [-0.15, -0.1) is 18.2 Å². The van der Waals surface area contributed by atoms with Crippen LogP contribution in [0, 0.1) is 50.6 Å². The first-order valence-corrected chi connectivity index (χ1v) is 16.2. The zero-order valence-electron chi connectivity index (χ0n) is 24.8. The van der Waals surface area contributed by atoms with E-state index in [-0.39, 0.29) is 48.2 Å². The van der Waals surface area contributed by atoms with Gasteiger partial charge in [0.1, 0.15) is 5.60 Å². The maximum atomic E-state index is 7.22. The van der Waals surface area contributed by atoms with Gasteiger partial charge in [-0.2, -0.15) is 24.6 Å². The molecule has 1 aliphatic heterocycles. The molecule has 42 heavy (non-hydrogen) atoms. The topological polar surface area (TPSA) is 27.7 Å². The van der Waals surface area contributed by atoms with Crippen LogP contribution in [0.3, 0.4) is 0 Å². The Bertz CT molecular complexity index is 1350. The van der Waals surface area contributed by atoms with E-state index in [1.807, 2.05) is 55.1 Å². The van der Waals surface area contributed by atoms with Crippen LogP contribution in [0.15, 0.2) is 133 Å². The fourth-order valence-electron chi connectivity index (χ4n) is 5.86. The summed E-state index contributed by atoms with van der Waals surface area (Å²) in [5, 5.41) is 2.45. The number of fused-ring (bicyclic) bond motifs is 2. The molecule has 0 aromatic heterocycles. The predicted molar refractivity (Wildman–Crippen MR) is 170 cm³/mol. The second-order valence-corrected chi connectivity index (χ2v) is 16.1. The van der Waals surface area contributed by atoms with Crippen molar-refractivity contribution in [2.75, 3.05) is 6.61 Å². The Morgan fingerprint density at radius 1 is 0.786 bits per heavy atom. The fraction of sp³-hybridized carbons (Fsp3) is 0.243. The second-order valence-electron chi connectivity index (χ2n) is 11.8. The summed E-state index contributed by atoms with van der Waals surface area (Å²) in [4.78, 5) is 0. The van der Waals surface area contributed by atoms with Gasteiger partial charge < -0.3 is 13.9 Å². The van der Waals surface area contributed by atoms with E-state index in [9.17, 15) is 0 Å². The SMILES string of the molecule is CC(C)(C)[Si](OC[C@]12C=C[C@H]([CH-]O1)[C@H]2OCc1ccccc1)(c1ccccc1)c1ccccc1.[CH2-]c1ccccc1.[U+2]. The van der Waals surface area contributed by atoms with Crippen LogP contribution in [0.5, 0.6) is 0 Å². The Morgan fingerprint density at radius 3 is 1.71 bits per heavy atom. The normalized spacial score (nSPS) is 20.8. The Balaban J connectivity index is 0.000000445. The molecule has 4 aromatic rings. The van der Waals surface area contributed by atoms with Gasteiger partial charge in [-0.25, -0.2) is 6.61 Å². The minimum Gasteiger partial charge on any atom is -0.540 e. The number of ether oxygens (including phenoxy) is 2. The Kier molecular flexibility index (Phi) is 11.2. The minimum absolute atomic E-state index is 0. The van der Waals surface area contributed by atoms with E-state index < -0.39 is 13.9 Å². The second kappa shape index (κ2) is 14.4. The van der Waals surface area contributed by atoms with E-state index in [1.165, 1.54) is 10.4 Å². The number of rotatable bonds is 8. The van der Waals surface area contributed by atoms with Crippen molar-refractivity contribution in [3.63, 3.8) is 0 Å². The third-order valence-electron chi connectivity index (χ3n) is 7.92. The van der Waals surface area contributed by atoms with Crippen LogP contribution < -0.4 is 10.4 Å². The molecule has 0 unspecified atom stereocenters. The summed E-state index contributed by atoms with van der Waals surface area (Å²) in [6, 6.07) is 41.7. The molecule has 3 atom stereocenters. The first kappa shape index (κ1) is 32.6. The molecule has 1 saturated heterocycles. The molecule has 0 amide bonds. The monoisotopic (exact) mass is 798 g/mol. The minimum atomic E-state index is -2.66. The summed E-state index contributed by atoms with van der Waals surface area (Å²) in [7, 11) is -2.66. The summed E-state index contributed by atoms with van der Waals surface area (Å²) in [6.45, 7) is 13.5. The van der Waals surface area contributed by atoms with E-state index in [1.54, 1.807) is 0 Å². The summed E-state index contributed by atoms with van der Waals surface area (Å²) >= 11 is 0. The van der Waals surface area contributed by atoms with Crippen molar-refractivity contribution in [2.24, 2.45) is 5.92 Å². The molecule has 0 spiro atoms. The van der Waals surface area contributed by atoms with E-state index in [2.05, 4.69) is 113 Å². The van der Waals surface area contributed by atoms with E-state index in [0.717, 1.165) is 11.1 Å².